The van der Waals surface area contributed by atoms with E-state index in [2.05, 4.69) is 0 Å². The molecule has 1 aliphatic rings. The van der Waals surface area contributed by atoms with Gasteiger partial charge in [-0.15, -0.1) is 0 Å². The Bertz CT molecular complexity index is 576. The number of hydrogen-bond acceptors (Lipinski definition) is 5. The highest BCUT2D eigenvalue weighted by Crippen LogP contribution is 2.34. The third-order valence-corrected chi connectivity index (χ3v) is 2.82. The van der Waals surface area contributed by atoms with Crippen LogP contribution in [0.1, 0.15) is 31.1 Å². The molecule has 1 aliphatic heterocycles. The molecule has 0 saturated carbocycles. The molecule has 1 aromatic rings. The van der Waals surface area contributed by atoms with E-state index in [1.807, 2.05) is 0 Å². The van der Waals surface area contributed by atoms with Crippen molar-refractivity contribution in [2.75, 3.05) is 11.4 Å². The van der Waals surface area contributed by atoms with Crippen molar-refractivity contribution >= 4 is 24.4 Å². The van der Waals surface area contributed by atoms with E-state index in [1.165, 1.54) is 11.0 Å². The van der Waals surface area contributed by atoms with Crippen LogP contribution in [0.15, 0.2) is 18.2 Å². The molecule has 2 rings (SSSR count). The number of benzene rings is 1. The van der Waals surface area contributed by atoms with Crippen LogP contribution in [0.3, 0.4) is 0 Å². The molecule has 0 bridgehead atoms. The maximum Gasteiger partial charge on any atom is 0.415 e. The first-order valence-electron chi connectivity index (χ1n) is 6.56. The fourth-order valence-electron chi connectivity index (χ4n) is 1.96. The zero-order chi connectivity index (χ0) is 15.6. The van der Waals surface area contributed by atoms with Gasteiger partial charge in [0.25, 0.3) is 0 Å². The maximum atomic E-state index is 12.3. The smallest absolute Gasteiger partial charge is 0.415 e. The standard InChI is InChI=1S/C15H17NO5/c1-15(2,3)21-14(19)16-7-11(9-18)20-13-5-4-10(8-17)6-12(13)16/h4-6,8-9,11H,7H2,1-3H3. The van der Waals surface area contributed by atoms with Crippen molar-refractivity contribution in [3.63, 3.8) is 0 Å². The Labute approximate surface area is 122 Å². The lowest BCUT2D eigenvalue weighted by Crippen LogP contribution is -2.46. The summed E-state index contributed by atoms with van der Waals surface area (Å²) in [5, 5.41) is 0. The molecular formula is C15H17NO5. The number of rotatable bonds is 2. The molecule has 1 aromatic carbocycles. The van der Waals surface area contributed by atoms with E-state index < -0.39 is 17.8 Å². The quantitative estimate of drug-likeness (QED) is 0.781. The molecule has 0 fully saturated rings. The van der Waals surface area contributed by atoms with Crippen LogP contribution in [0.5, 0.6) is 5.75 Å². The van der Waals surface area contributed by atoms with Crippen LogP contribution >= 0.6 is 0 Å². The Kier molecular flexibility index (Phi) is 3.97. The molecule has 6 heteroatoms. The van der Waals surface area contributed by atoms with Gasteiger partial charge in [-0.2, -0.15) is 0 Å². The van der Waals surface area contributed by atoms with Crippen LogP contribution in [-0.2, 0) is 9.53 Å². The molecular weight excluding hydrogens is 274 g/mol. The second-order valence-electron chi connectivity index (χ2n) is 5.73. The molecule has 1 unspecified atom stereocenters. The third kappa shape index (κ3) is 3.39. The van der Waals surface area contributed by atoms with Crippen LogP contribution in [0.2, 0.25) is 0 Å². The summed E-state index contributed by atoms with van der Waals surface area (Å²) < 4.78 is 10.8. The number of amides is 1. The molecule has 1 amide bonds. The lowest BCUT2D eigenvalue weighted by molar-refractivity contribution is -0.113. The van der Waals surface area contributed by atoms with Gasteiger partial charge in [0.2, 0.25) is 0 Å². The van der Waals surface area contributed by atoms with Gasteiger partial charge in [0.15, 0.2) is 12.4 Å². The fourth-order valence-corrected chi connectivity index (χ4v) is 1.96. The highest BCUT2D eigenvalue weighted by Gasteiger charge is 2.32. The van der Waals surface area contributed by atoms with Crippen molar-refractivity contribution in [3.05, 3.63) is 23.8 Å². The topological polar surface area (TPSA) is 72.9 Å². The van der Waals surface area contributed by atoms with E-state index in [-0.39, 0.29) is 6.54 Å². The summed E-state index contributed by atoms with van der Waals surface area (Å²) in [4.78, 5) is 35.5. The number of carbonyl (C=O) groups is 3. The average molecular weight is 291 g/mol. The third-order valence-electron chi connectivity index (χ3n) is 2.82. The van der Waals surface area contributed by atoms with Gasteiger partial charge in [0.05, 0.1) is 12.2 Å². The molecule has 0 spiro atoms. The molecule has 0 aromatic heterocycles. The van der Waals surface area contributed by atoms with Crippen molar-refractivity contribution < 1.29 is 23.9 Å². The van der Waals surface area contributed by atoms with Crippen molar-refractivity contribution in [1.82, 2.24) is 0 Å². The number of hydrogen-bond donors (Lipinski definition) is 0. The second kappa shape index (κ2) is 5.55. The zero-order valence-electron chi connectivity index (χ0n) is 12.2. The van der Waals surface area contributed by atoms with E-state index in [0.717, 1.165) is 0 Å². The minimum atomic E-state index is -0.757. The van der Waals surface area contributed by atoms with Crippen LogP contribution in [0.4, 0.5) is 10.5 Å². The van der Waals surface area contributed by atoms with E-state index in [0.29, 0.717) is 29.6 Å². The Balaban J connectivity index is 2.38. The van der Waals surface area contributed by atoms with Crippen molar-refractivity contribution in [1.29, 1.82) is 0 Å². The number of fused-ring (bicyclic) bond motifs is 1. The molecule has 0 N–H and O–H groups in total. The van der Waals surface area contributed by atoms with Crippen molar-refractivity contribution in [2.24, 2.45) is 0 Å². The predicted molar refractivity (Wildman–Crippen MR) is 75.9 cm³/mol. The Morgan fingerprint density at radius 1 is 1.38 bits per heavy atom. The van der Waals surface area contributed by atoms with Crippen LogP contribution in [0.25, 0.3) is 0 Å². The lowest BCUT2D eigenvalue weighted by atomic mass is 10.1. The fraction of sp³-hybridized carbons (Fsp3) is 0.400. The number of nitrogens with zero attached hydrogens (tertiary/aromatic N) is 1. The molecule has 0 saturated heterocycles. The monoisotopic (exact) mass is 291 g/mol. The number of carbonyl (C=O) groups excluding carboxylic acids is 3. The zero-order valence-corrected chi connectivity index (χ0v) is 12.2. The SMILES string of the molecule is CC(C)(C)OC(=O)N1CC(C=O)Oc2ccc(C=O)cc21. The first kappa shape index (κ1) is 15.0. The Morgan fingerprint density at radius 3 is 2.67 bits per heavy atom. The van der Waals surface area contributed by atoms with Crippen LogP contribution in [0, 0.1) is 0 Å². The highest BCUT2D eigenvalue weighted by molar-refractivity contribution is 5.93. The summed E-state index contributed by atoms with van der Waals surface area (Å²) in [5.41, 5.74) is 0.177. The minimum absolute atomic E-state index is 0.0493. The van der Waals surface area contributed by atoms with E-state index >= 15 is 0 Å². The van der Waals surface area contributed by atoms with Gasteiger partial charge in [-0.3, -0.25) is 14.5 Å². The Hall–Kier alpha value is -2.37. The minimum Gasteiger partial charge on any atom is -0.479 e. The summed E-state index contributed by atoms with van der Waals surface area (Å²) in [6.45, 7) is 5.32. The molecule has 1 heterocycles. The first-order chi connectivity index (χ1) is 9.84. The number of aldehydes is 2. The summed E-state index contributed by atoms with van der Waals surface area (Å²) in [6, 6.07) is 4.66. The van der Waals surface area contributed by atoms with E-state index in [9.17, 15) is 14.4 Å². The number of ether oxygens (including phenoxy) is 2. The van der Waals surface area contributed by atoms with E-state index in [1.54, 1.807) is 32.9 Å². The average Bonchev–Trinajstić information content (AvgIpc) is 2.43. The van der Waals surface area contributed by atoms with Gasteiger partial charge < -0.3 is 9.47 Å². The number of anilines is 1. The van der Waals surface area contributed by atoms with Crippen LogP contribution < -0.4 is 9.64 Å². The van der Waals surface area contributed by atoms with E-state index in [4.69, 9.17) is 9.47 Å². The molecule has 0 aliphatic carbocycles. The van der Waals surface area contributed by atoms with Crippen molar-refractivity contribution in [2.45, 2.75) is 32.5 Å². The van der Waals surface area contributed by atoms with Gasteiger partial charge in [0.1, 0.15) is 17.6 Å². The second-order valence-corrected chi connectivity index (χ2v) is 5.73. The molecule has 21 heavy (non-hydrogen) atoms. The molecule has 6 nitrogen and oxygen atoms in total. The molecule has 1 atom stereocenters. The Morgan fingerprint density at radius 2 is 2.10 bits per heavy atom. The van der Waals surface area contributed by atoms with Gasteiger partial charge in [-0.05, 0) is 39.0 Å². The predicted octanol–water partition coefficient (Wildman–Crippen LogP) is 2.20. The van der Waals surface area contributed by atoms with Crippen molar-refractivity contribution in [3.8, 4) is 5.75 Å². The molecule has 0 radical (unpaired) electrons. The van der Waals surface area contributed by atoms with Gasteiger partial charge in [-0.25, -0.2) is 4.79 Å². The van der Waals surface area contributed by atoms with Crippen LogP contribution in [-0.4, -0.2) is 36.9 Å². The van der Waals surface area contributed by atoms with Gasteiger partial charge in [0, 0.05) is 5.56 Å². The maximum absolute atomic E-state index is 12.3. The summed E-state index contributed by atoms with van der Waals surface area (Å²) in [5.74, 6) is 0.370. The summed E-state index contributed by atoms with van der Waals surface area (Å²) >= 11 is 0. The lowest BCUT2D eigenvalue weighted by Gasteiger charge is -2.34. The molecule has 112 valence electrons. The van der Waals surface area contributed by atoms with Gasteiger partial charge in [-0.1, -0.05) is 0 Å². The summed E-state index contributed by atoms with van der Waals surface area (Å²) in [7, 11) is 0. The normalized spacial score (nSPS) is 17.5. The largest absolute Gasteiger partial charge is 0.479 e. The van der Waals surface area contributed by atoms with Gasteiger partial charge >= 0.3 is 6.09 Å². The first-order valence-corrected chi connectivity index (χ1v) is 6.56. The highest BCUT2D eigenvalue weighted by atomic mass is 16.6. The summed E-state index contributed by atoms with van der Waals surface area (Å²) in [6.07, 6.45) is -0.0260.